The van der Waals surface area contributed by atoms with Crippen LogP contribution in [0.4, 0.5) is 0 Å². The highest BCUT2D eigenvalue weighted by molar-refractivity contribution is 5.12. The van der Waals surface area contributed by atoms with Gasteiger partial charge in [0, 0.05) is 12.1 Å². The van der Waals surface area contributed by atoms with Crippen molar-refractivity contribution in [3.63, 3.8) is 0 Å². The summed E-state index contributed by atoms with van der Waals surface area (Å²) in [6, 6.07) is 0. The summed E-state index contributed by atoms with van der Waals surface area (Å²) in [5.41, 5.74) is 1.22. The topological polar surface area (TPSA) is 39.1 Å². The lowest BCUT2D eigenvalue weighted by Gasteiger charge is -2.21. The van der Waals surface area contributed by atoms with E-state index in [0.29, 0.717) is 6.61 Å². The minimum absolute atomic E-state index is 0.115. The Morgan fingerprint density at radius 1 is 1.53 bits per heavy atom. The number of ether oxygens (including phenoxy) is 1. The fourth-order valence-electron chi connectivity index (χ4n) is 1.35. The summed E-state index contributed by atoms with van der Waals surface area (Å²) in [5, 5.41) is 7.62. The summed E-state index contributed by atoms with van der Waals surface area (Å²) >= 11 is 0. The molecule has 0 radical (unpaired) electrons. The quantitative estimate of drug-likeness (QED) is 0.771. The highest BCUT2D eigenvalue weighted by Gasteiger charge is 2.09. The van der Waals surface area contributed by atoms with Crippen LogP contribution in [-0.2, 0) is 6.54 Å². The SMILES string of the molecule is C=C(CNC(C)(C)C)Cn1cc(OCC)cn1. The molecule has 1 rings (SSSR count). The minimum Gasteiger partial charge on any atom is -0.491 e. The molecule has 1 aromatic heterocycles. The molecule has 0 aromatic carbocycles. The molecule has 4 heteroatoms. The standard InChI is InChI=1S/C13H23N3O/c1-6-17-12-8-15-16(10-12)9-11(2)7-14-13(3,4)5/h8,10,14H,2,6-7,9H2,1,3-5H3. The fourth-order valence-corrected chi connectivity index (χ4v) is 1.35. The number of aromatic nitrogens is 2. The Hall–Kier alpha value is -1.29. The molecule has 0 saturated carbocycles. The van der Waals surface area contributed by atoms with Crippen molar-refractivity contribution in [2.75, 3.05) is 13.2 Å². The molecular formula is C13H23N3O. The average molecular weight is 237 g/mol. The predicted molar refractivity (Wildman–Crippen MR) is 70.3 cm³/mol. The van der Waals surface area contributed by atoms with Crippen molar-refractivity contribution in [3.05, 3.63) is 24.5 Å². The van der Waals surface area contributed by atoms with Crippen LogP contribution < -0.4 is 10.1 Å². The monoisotopic (exact) mass is 237 g/mol. The second-order valence-electron chi connectivity index (χ2n) is 5.16. The normalized spacial score (nSPS) is 11.5. The van der Waals surface area contributed by atoms with E-state index < -0.39 is 0 Å². The number of nitrogens with zero attached hydrogens (tertiary/aromatic N) is 2. The largest absolute Gasteiger partial charge is 0.491 e. The second-order valence-corrected chi connectivity index (χ2v) is 5.16. The van der Waals surface area contributed by atoms with Crippen LogP contribution >= 0.6 is 0 Å². The molecule has 0 unspecified atom stereocenters. The van der Waals surface area contributed by atoms with Crippen LogP contribution in [0.5, 0.6) is 5.75 Å². The molecule has 1 heterocycles. The van der Waals surface area contributed by atoms with Gasteiger partial charge in [-0.3, -0.25) is 4.68 Å². The van der Waals surface area contributed by atoms with Crippen molar-refractivity contribution >= 4 is 0 Å². The summed E-state index contributed by atoms with van der Waals surface area (Å²) in [5.74, 6) is 0.809. The lowest BCUT2D eigenvalue weighted by atomic mass is 10.1. The Morgan fingerprint density at radius 2 is 2.24 bits per heavy atom. The van der Waals surface area contributed by atoms with E-state index in [2.05, 4.69) is 37.8 Å². The van der Waals surface area contributed by atoms with Gasteiger partial charge in [0.2, 0.25) is 0 Å². The first kappa shape index (κ1) is 13.8. The minimum atomic E-state index is 0.115. The van der Waals surface area contributed by atoms with E-state index in [1.54, 1.807) is 6.20 Å². The van der Waals surface area contributed by atoms with Crippen molar-refractivity contribution in [2.45, 2.75) is 39.8 Å². The fraction of sp³-hybridized carbons (Fsp3) is 0.615. The molecule has 0 spiro atoms. The predicted octanol–water partition coefficient (Wildman–Crippen LogP) is 2.23. The van der Waals surface area contributed by atoms with E-state index >= 15 is 0 Å². The Balaban J connectivity index is 2.39. The van der Waals surface area contributed by atoms with E-state index in [9.17, 15) is 0 Å². The Labute approximate surface area is 104 Å². The number of hydrogen-bond acceptors (Lipinski definition) is 3. The summed E-state index contributed by atoms with van der Waals surface area (Å²) in [4.78, 5) is 0. The summed E-state index contributed by atoms with van der Waals surface area (Å²) in [6.45, 7) is 14.6. The van der Waals surface area contributed by atoms with Gasteiger partial charge in [-0.2, -0.15) is 5.10 Å². The molecule has 0 saturated heterocycles. The molecule has 0 aliphatic carbocycles. The first-order valence-corrected chi connectivity index (χ1v) is 5.97. The molecular weight excluding hydrogens is 214 g/mol. The zero-order valence-corrected chi connectivity index (χ0v) is 11.3. The summed E-state index contributed by atoms with van der Waals surface area (Å²) in [6.07, 6.45) is 3.62. The highest BCUT2D eigenvalue weighted by atomic mass is 16.5. The third-order valence-corrected chi connectivity index (χ3v) is 2.17. The number of hydrogen-bond donors (Lipinski definition) is 1. The van der Waals surface area contributed by atoms with Crippen molar-refractivity contribution in [1.29, 1.82) is 0 Å². The van der Waals surface area contributed by atoms with Crippen LogP contribution in [0, 0.1) is 0 Å². The van der Waals surface area contributed by atoms with Crippen LogP contribution in [-0.4, -0.2) is 28.5 Å². The van der Waals surface area contributed by atoms with Crippen molar-refractivity contribution in [2.24, 2.45) is 0 Å². The lowest BCUT2D eigenvalue weighted by Crippen LogP contribution is -2.37. The van der Waals surface area contributed by atoms with E-state index in [1.165, 1.54) is 0 Å². The highest BCUT2D eigenvalue weighted by Crippen LogP contribution is 2.09. The zero-order valence-electron chi connectivity index (χ0n) is 11.3. The summed E-state index contributed by atoms with van der Waals surface area (Å²) < 4.78 is 7.20. The van der Waals surface area contributed by atoms with Crippen LogP contribution in [0.15, 0.2) is 24.5 Å². The van der Waals surface area contributed by atoms with Crippen molar-refractivity contribution < 1.29 is 4.74 Å². The van der Waals surface area contributed by atoms with Crippen molar-refractivity contribution in [1.82, 2.24) is 15.1 Å². The van der Waals surface area contributed by atoms with Gasteiger partial charge in [0.15, 0.2) is 5.75 Å². The average Bonchev–Trinajstić information content (AvgIpc) is 2.62. The smallest absolute Gasteiger partial charge is 0.157 e. The van der Waals surface area contributed by atoms with Gasteiger partial charge in [-0.15, -0.1) is 0 Å². The molecule has 0 aliphatic rings. The number of rotatable bonds is 6. The molecule has 0 fully saturated rings. The second kappa shape index (κ2) is 5.87. The maximum atomic E-state index is 5.35. The third-order valence-electron chi connectivity index (χ3n) is 2.17. The van der Waals surface area contributed by atoms with Gasteiger partial charge in [0.25, 0.3) is 0 Å². The van der Waals surface area contributed by atoms with E-state index in [0.717, 1.165) is 24.4 Å². The van der Waals surface area contributed by atoms with Gasteiger partial charge in [-0.25, -0.2) is 0 Å². The molecule has 0 aliphatic heterocycles. The molecule has 4 nitrogen and oxygen atoms in total. The van der Waals surface area contributed by atoms with Gasteiger partial charge in [0.1, 0.15) is 0 Å². The van der Waals surface area contributed by atoms with Crippen LogP contribution in [0.3, 0.4) is 0 Å². The van der Waals surface area contributed by atoms with Gasteiger partial charge in [-0.1, -0.05) is 6.58 Å². The maximum absolute atomic E-state index is 5.35. The van der Waals surface area contributed by atoms with Crippen LogP contribution in [0.25, 0.3) is 0 Å². The molecule has 1 aromatic rings. The van der Waals surface area contributed by atoms with Crippen LogP contribution in [0.1, 0.15) is 27.7 Å². The van der Waals surface area contributed by atoms with Gasteiger partial charge in [0.05, 0.1) is 25.5 Å². The maximum Gasteiger partial charge on any atom is 0.157 e. The number of nitrogens with one attached hydrogen (secondary N) is 1. The zero-order chi connectivity index (χ0) is 12.9. The van der Waals surface area contributed by atoms with E-state index in [1.807, 2.05) is 17.8 Å². The van der Waals surface area contributed by atoms with Gasteiger partial charge < -0.3 is 10.1 Å². The molecule has 0 atom stereocenters. The summed E-state index contributed by atoms with van der Waals surface area (Å²) in [7, 11) is 0. The van der Waals surface area contributed by atoms with Gasteiger partial charge in [-0.05, 0) is 33.3 Å². The molecule has 0 amide bonds. The molecule has 1 N–H and O–H groups in total. The van der Waals surface area contributed by atoms with E-state index in [-0.39, 0.29) is 5.54 Å². The first-order chi connectivity index (χ1) is 7.90. The van der Waals surface area contributed by atoms with Crippen LogP contribution in [0.2, 0.25) is 0 Å². The molecule has 0 bridgehead atoms. The van der Waals surface area contributed by atoms with E-state index in [4.69, 9.17) is 4.74 Å². The third kappa shape index (κ3) is 5.54. The molecule has 96 valence electrons. The van der Waals surface area contributed by atoms with Crippen molar-refractivity contribution in [3.8, 4) is 5.75 Å². The first-order valence-electron chi connectivity index (χ1n) is 5.97. The van der Waals surface area contributed by atoms with Gasteiger partial charge >= 0.3 is 0 Å². The molecule has 17 heavy (non-hydrogen) atoms. The Kier molecular flexibility index (Phi) is 4.75. The Bertz CT molecular complexity index is 363. The Morgan fingerprint density at radius 3 is 2.82 bits per heavy atom. The lowest BCUT2D eigenvalue weighted by molar-refractivity contribution is 0.339.